The second kappa shape index (κ2) is 13.8. The Morgan fingerprint density at radius 2 is 1.30 bits per heavy atom. The van der Waals surface area contributed by atoms with Crippen molar-refractivity contribution in [1.29, 1.82) is 0 Å². The SMILES string of the molecule is CCCCC1C=C(C(C)(C)C)C=[C]1/[Zr+2](=[C](\C)c1ccccc1)[CH]1C2C=CC=C(C)C2(C)C2(C)C3(C)C=CC=CC3(C)C3(C)C=CC=CC3(C)C12C.[Cl-].[Cl-]. The van der Waals surface area contributed by atoms with Crippen LogP contribution < -0.4 is 24.8 Å². The molecule has 0 nitrogen and oxygen atoms in total. The summed E-state index contributed by atoms with van der Waals surface area (Å²) >= 11 is -2.86. The molecule has 2 fully saturated rings. The van der Waals surface area contributed by atoms with E-state index in [1.54, 1.807) is 14.4 Å². The van der Waals surface area contributed by atoms with Gasteiger partial charge in [0.2, 0.25) is 0 Å². The Morgan fingerprint density at radius 1 is 0.755 bits per heavy atom. The molecule has 6 aliphatic carbocycles. The molecule has 0 heterocycles. The van der Waals surface area contributed by atoms with E-state index in [0.29, 0.717) is 15.5 Å². The van der Waals surface area contributed by atoms with Crippen molar-refractivity contribution >= 4 is 3.21 Å². The molecular formula is C50H66Cl2Zr. The van der Waals surface area contributed by atoms with Crippen LogP contribution in [0.2, 0.25) is 3.63 Å². The van der Waals surface area contributed by atoms with Crippen LogP contribution in [0.5, 0.6) is 0 Å². The topological polar surface area (TPSA) is 0 Å². The molecular weight excluding hydrogens is 763 g/mol. The van der Waals surface area contributed by atoms with Crippen LogP contribution in [-0.2, 0) is 21.3 Å². The monoisotopic (exact) mass is 826 g/mol. The molecule has 10 atom stereocenters. The van der Waals surface area contributed by atoms with Crippen LogP contribution in [-0.4, -0.2) is 3.21 Å². The van der Waals surface area contributed by atoms with E-state index in [9.17, 15) is 0 Å². The summed E-state index contributed by atoms with van der Waals surface area (Å²) in [7, 11) is 0. The quantitative estimate of drug-likeness (QED) is 0.275. The first-order valence-electron chi connectivity index (χ1n) is 20.2. The minimum Gasteiger partial charge on any atom is -1.00 e. The predicted molar refractivity (Wildman–Crippen MR) is 218 cm³/mol. The smallest absolute Gasteiger partial charge is 1.00 e. The van der Waals surface area contributed by atoms with E-state index in [2.05, 4.69) is 199 Å². The van der Waals surface area contributed by atoms with Gasteiger partial charge in [-0.1, -0.05) is 0 Å². The molecule has 2 saturated carbocycles. The van der Waals surface area contributed by atoms with Crippen molar-refractivity contribution in [2.45, 2.75) is 113 Å². The number of fused-ring (bicyclic) bond motifs is 8. The summed E-state index contributed by atoms with van der Waals surface area (Å²) in [5, 5.41) is 0. The molecule has 0 bridgehead atoms. The maximum atomic E-state index is 2.84. The Bertz CT molecular complexity index is 1910. The van der Waals surface area contributed by atoms with Crippen molar-refractivity contribution < 1.29 is 46.1 Å². The Labute approximate surface area is 344 Å². The van der Waals surface area contributed by atoms with Gasteiger partial charge in [0.05, 0.1) is 0 Å². The molecule has 6 aliphatic rings. The van der Waals surface area contributed by atoms with Crippen molar-refractivity contribution in [1.82, 2.24) is 0 Å². The first-order valence-corrected chi connectivity index (χ1v) is 24.0. The van der Waals surface area contributed by atoms with Gasteiger partial charge in [0.1, 0.15) is 0 Å². The normalized spacial score (nSPS) is 41.9. The van der Waals surface area contributed by atoms with E-state index < -0.39 is 21.3 Å². The van der Waals surface area contributed by atoms with Gasteiger partial charge < -0.3 is 24.8 Å². The van der Waals surface area contributed by atoms with E-state index in [0.717, 1.165) is 0 Å². The van der Waals surface area contributed by atoms with Crippen molar-refractivity contribution in [3.05, 3.63) is 129 Å². The van der Waals surface area contributed by atoms with Gasteiger partial charge in [-0.05, 0) is 0 Å². The molecule has 0 aliphatic heterocycles. The molecule has 7 rings (SSSR count). The van der Waals surface area contributed by atoms with Crippen LogP contribution >= 0.6 is 0 Å². The van der Waals surface area contributed by atoms with Gasteiger partial charge in [-0.25, -0.2) is 0 Å². The Hall–Kier alpha value is -1.53. The third-order valence-corrected chi connectivity index (χ3v) is 26.9. The molecule has 284 valence electrons. The number of rotatable bonds is 6. The standard InChI is InChI=1S/C29H37.C13H21.C8H8.2ClH.Zr/c1-21-14-13-15-22-20-27(6)25(4)18-10-9-16-23(25,2)24(3)17-11-12-19-26(24,5)29(27,8)28(21,22)7;1-5-6-7-11-8-9-12(10-11)13(2,3)4;1-2-8-6-4-3-5-7-8;;;/h9-20,22H,1-8H3;9-11H,5-7H2,1-4H3;3-7H,1H3;2*1H;/q;;;;;+2/p-2. The summed E-state index contributed by atoms with van der Waals surface area (Å²) in [6.45, 7) is 33.8. The second-order valence-corrected chi connectivity index (χ2v) is 26.5. The van der Waals surface area contributed by atoms with Gasteiger partial charge in [0, 0.05) is 0 Å². The third-order valence-electron chi connectivity index (χ3n) is 17.6. The minimum atomic E-state index is -2.86. The first kappa shape index (κ1) is 42.6. The van der Waals surface area contributed by atoms with E-state index in [-0.39, 0.29) is 68.1 Å². The molecule has 53 heavy (non-hydrogen) atoms. The van der Waals surface area contributed by atoms with Crippen molar-refractivity contribution in [3.63, 3.8) is 0 Å². The summed E-state index contributed by atoms with van der Waals surface area (Å²) in [4.78, 5) is 0. The third kappa shape index (κ3) is 5.03. The fraction of sp³-hybridized carbons (Fsp3) is 0.540. The number of halogens is 2. The van der Waals surface area contributed by atoms with E-state index in [1.165, 1.54) is 24.8 Å². The largest absolute Gasteiger partial charge is 1.00 e. The maximum absolute atomic E-state index is 2.86. The fourth-order valence-electron chi connectivity index (χ4n) is 13.7. The summed E-state index contributed by atoms with van der Waals surface area (Å²) in [5.41, 5.74) is 4.30. The molecule has 0 aromatic heterocycles. The number of hydrogen-bond acceptors (Lipinski definition) is 0. The van der Waals surface area contributed by atoms with Gasteiger partial charge in [-0.3, -0.25) is 0 Å². The zero-order valence-electron chi connectivity index (χ0n) is 35.0. The van der Waals surface area contributed by atoms with Crippen LogP contribution in [0.3, 0.4) is 0 Å². The summed E-state index contributed by atoms with van der Waals surface area (Å²) < 4.78 is 4.17. The molecule has 0 radical (unpaired) electrons. The number of unbranched alkanes of at least 4 members (excludes halogenated alkanes) is 1. The Balaban J connectivity index is 0.00000271. The van der Waals surface area contributed by atoms with Crippen LogP contribution in [0, 0.1) is 55.2 Å². The molecule has 1 aromatic rings. The first-order chi connectivity index (χ1) is 23.9. The molecule has 0 amide bonds. The van der Waals surface area contributed by atoms with Gasteiger partial charge in [0.15, 0.2) is 0 Å². The molecule has 0 spiro atoms. The predicted octanol–water partition coefficient (Wildman–Crippen LogP) is 7.77. The molecule has 10 unspecified atom stereocenters. The molecule has 1 aromatic carbocycles. The fourth-order valence-corrected chi connectivity index (χ4v) is 25.2. The van der Waals surface area contributed by atoms with Gasteiger partial charge in [0.25, 0.3) is 0 Å². The summed E-state index contributed by atoms with van der Waals surface area (Å²) in [6.07, 6.45) is 37.3. The Morgan fingerprint density at radius 3 is 1.87 bits per heavy atom. The summed E-state index contributed by atoms with van der Waals surface area (Å²) in [5.74, 6) is 0.997. The Kier molecular flexibility index (Phi) is 11.1. The van der Waals surface area contributed by atoms with E-state index >= 15 is 0 Å². The number of hydrogen-bond donors (Lipinski definition) is 0. The summed E-state index contributed by atoms with van der Waals surface area (Å²) in [6, 6.07) is 11.6. The zero-order chi connectivity index (χ0) is 37.0. The number of benzene rings is 1. The van der Waals surface area contributed by atoms with Crippen LogP contribution in [0.15, 0.2) is 124 Å². The number of allylic oxidation sites excluding steroid dienone is 16. The average Bonchev–Trinajstić information content (AvgIpc) is 3.59. The van der Waals surface area contributed by atoms with E-state index in [1.807, 2.05) is 3.28 Å². The van der Waals surface area contributed by atoms with Crippen molar-refractivity contribution in [2.24, 2.45) is 55.2 Å². The van der Waals surface area contributed by atoms with Crippen molar-refractivity contribution in [2.75, 3.05) is 0 Å². The molecule has 3 heteroatoms. The average molecular weight is 829 g/mol. The molecule has 0 N–H and O–H groups in total. The van der Waals surface area contributed by atoms with Crippen LogP contribution in [0.4, 0.5) is 0 Å². The minimum absolute atomic E-state index is 0. The van der Waals surface area contributed by atoms with Gasteiger partial charge in [-0.2, -0.15) is 0 Å². The van der Waals surface area contributed by atoms with Gasteiger partial charge in [-0.15, -0.1) is 0 Å². The van der Waals surface area contributed by atoms with E-state index in [4.69, 9.17) is 0 Å². The van der Waals surface area contributed by atoms with Crippen molar-refractivity contribution in [3.8, 4) is 0 Å². The maximum Gasteiger partial charge on any atom is -1.00 e. The van der Waals surface area contributed by atoms with Crippen LogP contribution in [0.1, 0.15) is 115 Å². The van der Waals surface area contributed by atoms with Gasteiger partial charge >= 0.3 is 322 Å². The second-order valence-electron chi connectivity index (χ2n) is 19.6. The van der Waals surface area contributed by atoms with Crippen LogP contribution in [0.25, 0.3) is 0 Å². The molecule has 0 saturated heterocycles. The zero-order valence-corrected chi connectivity index (χ0v) is 39.0.